The third-order valence-corrected chi connectivity index (χ3v) is 6.68. The number of anilines is 1. The fourth-order valence-corrected chi connectivity index (χ4v) is 4.37. The minimum atomic E-state index is -4.44. The number of carbonyl (C=O) groups is 1. The highest BCUT2D eigenvalue weighted by atomic mass is 31.2. The standard InChI is InChI=1S/C30H27N4O7P/c1-20-25(31-30(41-20)21-9-5-3-6-10-21)19-40-26-14-13-22(17-27(26)39-2)29(35)32-28-23(15-16-42(36,37)38)18-34(33-28)24-11-7-4-8-12-24/h3-18H,19H2,1-2H3,(H,32,33,35)(H2,36,37,38)/b16-15+. The number of ether oxygens (including phenoxy) is 2. The summed E-state index contributed by atoms with van der Waals surface area (Å²) in [6.07, 6.45) is 2.78. The number of para-hydroxylation sites is 1. The average Bonchev–Trinajstić information content (AvgIpc) is 3.58. The largest absolute Gasteiger partial charge is 0.493 e. The van der Waals surface area contributed by atoms with Crippen LogP contribution in [0.5, 0.6) is 11.5 Å². The van der Waals surface area contributed by atoms with Crippen LogP contribution in [0.25, 0.3) is 23.2 Å². The van der Waals surface area contributed by atoms with Gasteiger partial charge in [0.05, 0.1) is 12.8 Å². The Bertz CT molecular complexity index is 1780. The second-order valence-electron chi connectivity index (χ2n) is 9.11. The van der Waals surface area contributed by atoms with Crippen LogP contribution in [0.3, 0.4) is 0 Å². The number of aromatic nitrogens is 3. The molecule has 5 aromatic rings. The average molecular weight is 587 g/mol. The lowest BCUT2D eigenvalue weighted by molar-refractivity contribution is 0.102. The molecule has 0 aliphatic rings. The van der Waals surface area contributed by atoms with E-state index in [1.807, 2.05) is 67.6 Å². The van der Waals surface area contributed by atoms with Gasteiger partial charge in [-0.3, -0.25) is 9.36 Å². The Morgan fingerprint density at radius 3 is 2.45 bits per heavy atom. The van der Waals surface area contributed by atoms with Crippen molar-refractivity contribution in [1.82, 2.24) is 14.8 Å². The lowest BCUT2D eigenvalue weighted by Crippen LogP contribution is -2.13. The molecule has 2 heterocycles. The smallest absolute Gasteiger partial charge is 0.349 e. The van der Waals surface area contributed by atoms with Gasteiger partial charge in [0.2, 0.25) is 5.89 Å². The summed E-state index contributed by atoms with van der Waals surface area (Å²) in [5, 5.41) is 7.12. The summed E-state index contributed by atoms with van der Waals surface area (Å²) in [6, 6.07) is 23.3. The molecule has 0 atom stereocenters. The molecule has 3 aromatic carbocycles. The first-order valence-corrected chi connectivity index (χ1v) is 14.4. The van der Waals surface area contributed by atoms with Crippen molar-refractivity contribution in [2.24, 2.45) is 0 Å². The zero-order chi connectivity index (χ0) is 29.7. The van der Waals surface area contributed by atoms with Gasteiger partial charge in [0.25, 0.3) is 5.91 Å². The molecule has 0 unspecified atom stereocenters. The summed E-state index contributed by atoms with van der Waals surface area (Å²) in [4.78, 5) is 36.3. The fraction of sp³-hybridized carbons (Fsp3) is 0.100. The highest BCUT2D eigenvalue weighted by molar-refractivity contribution is 7.55. The number of nitrogens with zero attached hydrogens (tertiary/aromatic N) is 3. The van der Waals surface area contributed by atoms with Crippen LogP contribution in [0.2, 0.25) is 0 Å². The first-order chi connectivity index (χ1) is 20.2. The SMILES string of the molecule is COc1cc(C(=O)Nc2nn(-c3ccccc3)cc2/C=C/P(=O)(O)O)ccc1OCc1nc(-c2ccccc2)oc1C. The molecule has 11 nitrogen and oxygen atoms in total. The van der Waals surface area contributed by atoms with Gasteiger partial charge >= 0.3 is 7.60 Å². The van der Waals surface area contributed by atoms with E-state index in [-0.39, 0.29) is 18.0 Å². The first-order valence-electron chi connectivity index (χ1n) is 12.7. The van der Waals surface area contributed by atoms with Crippen molar-refractivity contribution in [2.75, 3.05) is 12.4 Å². The van der Waals surface area contributed by atoms with Crippen LogP contribution in [-0.2, 0) is 11.2 Å². The molecule has 0 aliphatic heterocycles. The van der Waals surface area contributed by atoms with Crippen LogP contribution >= 0.6 is 7.60 Å². The van der Waals surface area contributed by atoms with Crippen LogP contribution in [0.15, 0.2) is 95.3 Å². The number of rotatable bonds is 10. The predicted octanol–water partition coefficient (Wildman–Crippen LogP) is 5.82. The third-order valence-electron chi connectivity index (χ3n) is 6.15. The second kappa shape index (κ2) is 12.3. The molecule has 0 spiro atoms. The van der Waals surface area contributed by atoms with E-state index in [2.05, 4.69) is 15.4 Å². The van der Waals surface area contributed by atoms with E-state index < -0.39 is 13.5 Å². The number of benzene rings is 3. The number of nitrogens with one attached hydrogen (secondary N) is 1. The molecule has 0 saturated heterocycles. The Labute approximate surface area is 241 Å². The summed E-state index contributed by atoms with van der Waals surface area (Å²) in [7, 11) is -2.98. The van der Waals surface area contributed by atoms with Gasteiger partial charge in [-0.25, -0.2) is 9.67 Å². The zero-order valence-electron chi connectivity index (χ0n) is 22.7. The number of hydrogen-bond donors (Lipinski definition) is 3. The lowest BCUT2D eigenvalue weighted by atomic mass is 10.2. The van der Waals surface area contributed by atoms with E-state index in [0.29, 0.717) is 40.1 Å². The van der Waals surface area contributed by atoms with Crippen LogP contribution in [0, 0.1) is 6.92 Å². The van der Waals surface area contributed by atoms with Crippen LogP contribution in [0.1, 0.15) is 27.4 Å². The lowest BCUT2D eigenvalue weighted by Gasteiger charge is -2.12. The zero-order valence-corrected chi connectivity index (χ0v) is 23.6. The minimum Gasteiger partial charge on any atom is -0.493 e. The van der Waals surface area contributed by atoms with Crippen molar-refractivity contribution >= 4 is 25.4 Å². The maximum atomic E-state index is 13.2. The van der Waals surface area contributed by atoms with E-state index in [9.17, 15) is 19.1 Å². The van der Waals surface area contributed by atoms with Gasteiger partial charge in [0.15, 0.2) is 17.3 Å². The number of amides is 1. The van der Waals surface area contributed by atoms with Crippen LogP contribution < -0.4 is 14.8 Å². The molecule has 0 fully saturated rings. The molecular formula is C30H27N4O7P. The van der Waals surface area contributed by atoms with E-state index in [4.69, 9.17) is 13.9 Å². The highest BCUT2D eigenvalue weighted by Crippen LogP contribution is 2.37. The summed E-state index contributed by atoms with van der Waals surface area (Å²) in [5.74, 6) is 2.20. The van der Waals surface area contributed by atoms with E-state index in [1.165, 1.54) is 23.9 Å². The van der Waals surface area contributed by atoms with Crippen molar-refractivity contribution in [1.29, 1.82) is 0 Å². The van der Waals surface area contributed by atoms with Gasteiger partial charge < -0.3 is 29.0 Å². The van der Waals surface area contributed by atoms with Gasteiger partial charge in [-0.1, -0.05) is 36.4 Å². The van der Waals surface area contributed by atoms with Crippen molar-refractivity contribution in [3.05, 3.63) is 113 Å². The maximum Gasteiger partial charge on any atom is 0.349 e. The Balaban J connectivity index is 1.34. The van der Waals surface area contributed by atoms with E-state index >= 15 is 0 Å². The molecule has 5 rings (SSSR count). The molecule has 0 aliphatic carbocycles. The molecule has 12 heteroatoms. The van der Waals surface area contributed by atoms with E-state index in [0.717, 1.165) is 11.4 Å². The quantitative estimate of drug-likeness (QED) is 0.172. The topological polar surface area (TPSA) is 149 Å². The molecule has 1 amide bonds. The Morgan fingerprint density at radius 2 is 1.76 bits per heavy atom. The molecule has 0 radical (unpaired) electrons. The monoisotopic (exact) mass is 586 g/mol. The summed E-state index contributed by atoms with van der Waals surface area (Å²) >= 11 is 0. The van der Waals surface area contributed by atoms with Crippen molar-refractivity contribution < 1.29 is 33.0 Å². The van der Waals surface area contributed by atoms with Crippen LogP contribution in [0.4, 0.5) is 5.82 Å². The maximum absolute atomic E-state index is 13.2. The number of aryl methyl sites for hydroxylation is 1. The van der Waals surface area contributed by atoms with Crippen molar-refractivity contribution in [2.45, 2.75) is 13.5 Å². The molecule has 0 bridgehead atoms. The Morgan fingerprint density at radius 1 is 1.05 bits per heavy atom. The third kappa shape index (κ3) is 6.84. The van der Waals surface area contributed by atoms with Gasteiger partial charge in [-0.05, 0) is 55.5 Å². The molecule has 214 valence electrons. The van der Waals surface area contributed by atoms with Gasteiger partial charge in [0, 0.05) is 28.7 Å². The van der Waals surface area contributed by atoms with Crippen LogP contribution in [-0.4, -0.2) is 37.6 Å². The first kappa shape index (κ1) is 28.6. The van der Waals surface area contributed by atoms with Gasteiger partial charge in [-0.2, -0.15) is 0 Å². The highest BCUT2D eigenvalue weighted by Gasteiger charge is 2.18. The number of oxazole rings is 1. The number of methoxy groups -OCH3 is 1. The normalized spacial score (nSPS) is 11.5. The summed E-state index contributed by atoms with van der Waals surface area (Å²) in [5.41, 5.74) is 2.74. The predicted molar refractivity (Wildman–Crippen MR) is 157 cm³/mol. The summed E-state index contributed by atoms with van der Waals surface area (Å²) in [6.45, 7) is 1.93. The van der Waals surface area contributed by atoms with Gasteiger partial charge in [-0.15, -0.1) is 5.10 Å². The van der Waals surface area contributed by atoms with Crippen molar-refractivity contribution in [3.63, 3.8) is 0 Å². The Hall–Kier alpha value is -4.96. The second-order valence-corrected chi connectivity index (χ2v) is 10.6. The fourth-order valence-electron chi connectivity index (χ4n) is 4.02. The minimum absolute atomic E-state index is 0.114. The Kier molecular flexibility index (Phi) is 8.35. The summed E-state index contributed by atoms with van der Waals surface area (Å²) < 4.78 is 30.2. The van der Waals surface area contributed by atoms with Crippen molar-refractivity contribution in [3.8, 4) is 28.6 Å². The molecule has 42 heavy (non-hydrogen) atoms. The van der Waals surface area contributed by atoms with Gasteiger partial charge in [0.1, 0.15) is 18.1 Å². The van der Waals surface area contributed by atoms with E-state index in [1.54, 1.807) is 18.3 Å². The molecular weight excluding hydrogens is 559 g/mol. The molecule has 2 aromatic heterocycles. The number of carbonyl (C=O) groups excluding carboxylic acids is 1. The molecule has 3 N–H and O–H groups in total. The number of hydrogen-bond acceptors (Lipinski definition) is 7. The molecule has 0 saturated carbocycles.